The largest absolute Gasteiger partial charge is 0.481 e. The number of carboxylic acid groups (broad SMARTS) is 1. The Morgan fingerprint density at radius 3 is 2.39 bits per heavy atom. The predicted molar refractivity (Wildman–Crippen MR) is 89.0 cm³/mol. The van der Waals surface area contributed by atoms with Gasteiger partial charge < -0.3 is 9.84 Å². The van der Waals surface area contributed by atoms with Gasteiger partial charge in [0.05, 0.1) is 5.92 Å². The highest BCUT2D eigenvalue weighted by atomic mass is 35.5. The van der Waals surface area contributed by atoms with Gasteiger partial charge in [-0.25, -0.2) is 4.79 Å². The Balaban J connectivity index is 2.21. The smallest absolute Gasteiger partial charge is 0.412 e. The molecule has 126 valence electrons. The number of ether oxygens (including phenoxy) is 1. The molecular weight excluding hydrogens is 318 g/mol. The highest BCUT2D eigenvalue weighted by Crippen LogP contribution is 2.65. The van der Waals surface area contributed by atoms with Gasteiger partial charge in [-0.05, 0) is 49.9 Å². The van der Waals surface area contributed by atoms with Gasteiger partial charge in [-0.3, -0.25) is 10.1 Å². The van der Waals surface area contributed by atoms with Crippen LogP contribution in [0.5, 0.6) is 0 Å². The average molecular weight is 340 g/mol. The highest BCUT2D eigenvalue weighted by Gasteiger charge is 2.63. The first-order valence-corrected chi connectivity index (χ1v) is 7.83. The number of amides is 1. The van der Waals surface area contributed by atoms with Crippen LogP contribution >= 0.6 is 11.6 Å². The van der Waals surface area contributed by atoms with Crippen molar-refractivity contribution in [2.24, 2.45) is 11.3 Å². The fourth-order valence-corrected chi connectivity index (χ4v) is 3.20. The van der Waals surface area contributed by atoms with E-state index in [9.17, 15) is 14.7 Å². The van der Waals surface area contributed by atoms with Gasteiger partial charge in [0.1, 0.15) is 5.60 Å². The van der Waals surface area contributed by atoms with Crippen LogP contribution in [0.15, 0.2) is 18.2 Å². The number of carbonyl (C=O) groups is 2. The summed E-state index contributed by atoms with van der Waals surface area (Å²) in [5, 5.41) is 12.5. The summed E-state index contributed by atoms with van der Waals surface area (Å²) >= 11 is 6.23. The van der Waals surface area contributed by atoms with Crippen molar-refractivity contribution in [1.82, 2.24) is 0 Å². The van der Waals surface area contributed by atoms with E-state index >= 15 is 0 Å². The summed E-state index contributed by atoms with van der Waals surface area (Å²) in [6.07, 6.45) is -0.560. The Bertz CT molecular complexity index is 648. The van der Waals surface area contributed by atoms with Crippen molar-refractivity contribution < 1.29 is 19.4 Å². The topological polar surface area (TPSA) is 75.6 Å². The molecule has 2 atom stereocenters. The second-order valence-corrected chi connectivity index (χ2v) is 7.89. The van der Waals surface area contributed by atoms with Gasteiger partial charge in [0.15, 0.2) is 0 Å². The summed E-state index contributed by atoms with van der Waals surface area (Å²) in [7, 11) is 0. The summed E-state index contributed by atoms with van der Waals surface area (Å²) < 4.78 is 5.21. The van der Waals surface area contributed by atoms with Crippen molar-refractivity contribution in [2.45, 2.75) is 46.1 Å². The van der Waals surface area contributed by atoms with Crippen LogP contribution in [0.3, 0.4) is 0 Å². The molecule has 1 aliphatic carbocycles. The molecule has 5 nitrogen and oxygen atoms in total. The molecule has 1 amide bonds. The lowest BCUT2D eigenvalue weighted by molar-refractivity contribution is -0.139. The van der Waals surface area contributed by atoms with Crippen LogP contribution < -0.4 is 5.32 Å². The molecule has 0 radical (unpaired) electrons. The first kappa shape index (κ1) is 17.6. The van der Waals surface area contributed by atoms with Gasteiger partial charge in [-0.2, -0.15) is 0 Å². The number of carbonyl (C=O) groups excluding carboxylic acids is 1. The molecule has 2 N–H and O–H groups in total. The van der Waals surface area contributed by atoms with Crippen LogP contribution in [0, 0.1) is 11.3 Å². The maximum absolute atomic E-state index is 11.8. The maximum atomic E-state index is 11.8. The molecule has 0 heterocycles. The van der Waals surface area contributed by atoms with E-state index in [1.165, 1.54) is 0 Å². The second-order valence-electron chi connectivity index (χ2n) is 7.48. The fourth-order valence-electron chi connectivity index (χ4n) is 2.96. The minimum atomic E-state index is -0.832. The first-order valence-electron chi connectivity index (χ1n) is 7.46. The van der Waals surface area contributed by atoms with Crippen LogP contribution in [0.25, 0.3) is 0 Å². The maximum Gasteiger partial charge on any atom is 0.412 e. The quantitative estimate of drug-likeness (QED) is 0.849. The molecule has 2 rings (SSSR count). The highest BCUT2D eigenvalue weighted by molar-refractivity contribution is 6.31. The Hall–Kier alpha value is -1.75. The molecule has 0 unspecified atom stereocenters. The van der Waals surface area contributed by atoms with Gasteiger partial charge in [-0.15, -0.1) is 0 Å². The van der Waals surface area contributed by atoms with Gasteiger partial charge in [0.25, 0.3) is 0 Å². The molecule has 1 fully saturated rings. The standard InChI is InChI=1S/C17H22ClNO4/c1-16(2,3)23-15(22)19-9-6-7-11(18)10(8-9)12-13(14(20)21)17(12,4)5/h6-8,12-13H,1-5H3,(H,19,22)(H,20,21)/t12-,13+/m1/s1. The Labute approximate surface area is 141 Å². The van der Waals surface area contributed by atoms with Crippen LogP contribution in [0.2, 0.25) is 5.02 Å². The van der Waals surface area contributed by atoms with Crippen molar-refractivity contribution >= 4 is 29.4 Å². The van der Waals surface area contributed by atoms with Crippen LogP contribution in [0.1, 0.15) is 46.1 Å². The molecule has 23 heavy (non-hydrogen) atoms. The number of nitrogens with one attached hydrogen (secondary N) is 1. The molecule has 1 aromatic rings. The van der Waals surface area contributed by atoms with E-state index in [0.29, 0.717) is 10.7 Å². The number of rotatable bonds is 3. The van der Waals surface area contributed by atoms with E-state index in [2.05, 4.69) is 5.32 Å². The number of halogens is 1. The van der Waals surface area contributed by atoms with Crippen LogP contribution in [-0.2, 0) is 9.53 Å². The molecule has 0 aromatic heterocycles. The van der Waals surface area contributed by atoms with Crippen molar-refractivity contribution in [1.29, 1.82) is 0 Å². The van der Waals surface area contributed by atoms with Gasteiger partial charge in [-0.1, -0.05) is 25.4 Å². The normalized spacial score (nSPS) is 22.3. The lowest BCUT2D eigenvalue weighted by Crippen LogP contribution is -2.27. The minimum absolute atomic E-state index is 0.173. The Kier molecular flexibility index (Phi) is 4.37. The number of carboxylic acids is 1. The van der Waals surface area contributed by atoms with Crippen molar-refractivity contribution in [3.05, 3.63) is 28.8 Å². The molecule has 0 aliphatic heterocycles. The Morgan fingerprint density at radius 2 is 1.91 bits per heavy atom. The van der Waals surface area contributed by atoms with E-state index in [-0.39, 0.29) is 11.3 Å². The number of benzene rings is 1. The second kappa shape index (κ2) is 5.71. The molecule has 1 aliphatic rings. The minimum Gasteiger partial charge on any atom is -0.481 e. The molecule has 1 aromatic carbocycles. The zero-order valence-electron chi connectivity index (χ0n) is 13.9. The fraction of sp³-hybridized carbons (Fsp3) is 0.529. The predicted octanol–water partition coefficient (Wildman–Crippen LogP) is 4.51. The molecule has 1 saturated carbocycles. The summed E-state index contributed by atoms with van der Waals surface area (Å²) in [6.45, 7) is 9.15. The van der Waals surface area contributed by atoms with E-state index in [1.54, 1.807) is 39.0 Å². The zero-order chi connectivity index (χ0) is 17.6. The molecule has 6 heteroatoms. The molecule has 0 spiro atoms. The summed E-state index contributed by atoms with van der Waals surface area (Å²) in [5.74, 6) is -1.48. The number of hydrogen-bond donors (Lipinski definition) is 2. The van der Waals surface area contributed by atoms with Crippen LogP contribution in [-0.4, -0.2) is 22.8 Å². The van der Waals surface area contributed by atoms with Crippen molar-refractivity contribution in [3.8, 4) is 0 Å². The monoisotopic (exact) mass is 339 g/mol. The van der Waals surface area contributed by atoms with E-state index in [4.69, 9.17) is 16.3 Å². The van der Waals surface area contributed by atoms with Crippen molar-refractivity contribution in [2.75, 3.05) is 5.32 Å². The molecule has 0 saturated heterocycles. The summed E-state index contributed by atoms with van der Waals surface area (Å²) in [6, 6.07) is 5.05. The summed E-state index contributed by atoms with van der Waals surface area (Å²) in [5.41, 5.74) is 0.315. The van der Waals surface area contributed by atoms with E-state index < -0.39 is 23.6 Å². The Morgan fingerprint density at radius 1 is 1.30 bits per heavy atom. The summed E-state index contributed by atoms with van der Waals surface area (Å²) in [4.78, 5) is 23.2. The third-order valence-electron chi connectivity index (χ3n) is 4.07. The molecule has 0 bridgehead atoms. The van der Waals surface area contributed by atoms with Gasteiger partial charge >= 0.3 is 12.1 Å². The van der Waals surface area contributed by atoms with Crippen LogP contribution in [0.4, 0.5) is 10.5 Å². The average Bonchev–Trinajstić information content (AvgIpc) is 2.92. The zero-order valence-corrected chi connectivity index (χ0v) is 14.7. The third kappa shape index (κ3) is 3.78. The lowest BCUT2D eigenvalue weighted by Gasteiger charge is -2.20. The lowest BCUT2D eigenvalue weighted by atomic mass is 10.0. The number of anilines is 1. The van der Waals surface area contributed by atoms with Gasteiger partial charge in [0.2, 0.25) is 0 Å². The third-order valence-corrected chi connectivity index (χ3v) is 4.41. The van der Waals surface area contributed by atoms with Crippen molar-refractivity contribution in [3.63, 3.8) is 0 Å². The van der Waals surface area contributed by atoms with Gasteiger partial charge in [0, 0.05) is 16.6 Å². The SMILES string of the molecule is CC(C)(C)OC(=O)Nc1ccc(Cl)c([C@@H]2[C@@H](C(=O)O)C2(C)C)c1. The number of aliphatic carboxylic acids is 1. The number of hydrogen-bond acceptors (Lipinski definition) is 3. The first-order chi connectivity index (χ1) is 10.4. The molecular formula is C17H22ClNO4. The van der Waals surface area contributed by atoms with E-state index in [0.717, 1.165) is 5.56 Å². The van der Waals surface area contributed by atoms with E-state index in [1.807, 2.05) is 13.8 Å².